The number of carbonyl (C=O) groups excluding carboxylic acids is 4. The molecule has 4 atom stereocenters. The zero-order valence-electron chi connectivity index (χ0n) is 27.0. The second-order valence-corrected chi connectivity index (χ2v) is 11.6. The van der Waals surface area contributed by atoms with Gasteiger partial charge in [-0.1, -0.05) is 97.1 Å². The highest BCUT2D eigenvalue weighted by atomic mass is 16.6. The molecule has 252 valence electrons. The van der Waals surface area contributed by atoms with E-state index in [2.05, 4.69) is 23.8 Å². The minimum atomic E-state index is -1.08. The third-order valence-corrected chi connectivity index (χ3v) is 8.21. The summed E-state index contributed by atoms with van der Waals surface area (Å²) in [5, 5.41) is 15.4. The van der Waals surface area contributed by atoms with Crippen molar-refractivity contribution in [1.82, 2.24) is 15.5 Å². The van der Waals surface area contributed by atoms with Crippen LogP contribution >= 0.6 is 0 Å². The molecule has 0 spiro atoms. The molecule has 0 bridgehead atoms. The molecule has 1 aliphatic rings. The number of hydrogen-bond donors (Lipinski definition) is 3. The molecule has 10 heteroatoms. The quantitative estimate of drug-likeness (QED) is 0.150. The van der Waals surface area contributed by atoms with Gasteiger partial charge in [0.15, 0.2) is 0 Å². The van der Waals surface area contributed by atoms with E-state index < -0.39 is 36.0 Å². The van der Waals surface area contributed by atoms with Crippen LogP contribution in [-0.4, -0.2) is 59.1 Å². The van der Waals surface area contributed by atoms with Crippen LogP contribution < -0.4 is 10.6 Å². The van der Waals surface area contributed by atoms with Crippen LogP contribution in [-0.2, 0) is 43.4 Å². The van der Waals surface area contributed by atoms with E-state index in [0.717, 1.165) is 16.7 Å². The van der Waals surface area contributed by atoms with Crippen LogP contribution in [0.15, 0.2) is 110 Å². The highest BCUT2D eigenvalue weighted by molar-refractivity contribution is 5.86. The standard InChI is InChI=1S/C38H43N3O7/c1-3-13-30(22-35(43)41-24-31-20-12-11-19-29(31)21-32(41)25-42)36(44)39-23-34(28-17-9-6-10-18-28)48-37(45)33(14-4-2)40-38(46)47-26-27-15-7-5-8-16-27/h3-12,15-20,30,32-34,42H,1-2,13-14,21-26H2,(H,39,44)(H,40,46). The summed E-state index contributed by atoms with van der Waals surface area (Å²) in [6.45, 7) is 7.58. The molecule has 3 aromatic carbocycles. The molecular weight excluding hydrogens is 610 g/mol. The van der Waals surface area contributed by atoms with E-state index in [4.69, 9.17) is 9.47 Å². The molecule has 3 amide bonds. The maximum Gasteiger partial charge on any atom is 0.408 e. The van der Waals surface area contributed by atoms with Gasteiger partial charge in [-0.05, 0) is 41.5 Å². The van der Waals surface area contributed by atoms with E-state index in [1.165, 1.54) is 6.08 Å². The van der Waals surface area contributed by atoms with Gasteiger partial charge in [-0.25, -0.2) is 9.59 Å². The second kappa shape index (κ2) is 18.2. The first-order chi connectivity index (χ1) is 23.3. The largest absolute Gasteiger partial charge is 0.454 e. The van der Waals surface area contributed by atoms with E-state index in [1.54, 1.807) is 35.2 Å². The Morgan fingerprint density at radius 1 is 0.896 bits per heavy atom. The van der Waals surface area contributed by atoms with Gasteiger partial charge in [0.2, 0.25) is 11.8 Å². The van der Waals surface area contributed by atoms with Crippen molar-refractivity contribution in [1.29, 1.82) is 0 Å². The normalized spacial score (nSPS) is 15.5. The van der Waals surface area contributed by atoms with Crippen molar-refractivity contribution in [2.45, 2.75) is 57.0 Å². The monoisotopic (exact) mass is 653 g/mol. The summed E-state index contributed by atoms with van der Waals surface area (Å²) in [6.07, 6.45) is 2.19. The average molecular weight is 654 g/mol. The summed E-state index contributed by atoms with van der Waals surface area (Å²) in [5.41, 5.74) is 3.53. The molecular formula is C38H43N3O7. The average Bonchev–Trinajstić information content (AvgIpc) is 3.12. The molecule has 0 saturated heterocycles. The fourth-order valence-corrected chi connectivity index (χ4v) is 5.60. The van der Waals surface area contributed by atoms with E-state index >= 15 is 0 Å². The number of rotatable bonds is 16. The number of amides is 3. The first-order valence-corrected chi connectivity index (χ1v) is 16.0. The zero-order valence-corrected chi connectivity index (χ0v) is 27.0. The number of ether oxygens (including phenoxy) is 2. The van der Waals surface area contributed by atoms with Gasteiger partial charge in [0.1, 0.15) is 18.8 Å². The zero-order chi connectivity index (χ0) is 34.3. The van der Waals surface area contributed by atoms with Crippen LogP contribution in [0.5, 0.6) is 0 Å². The molecule has 1 aliphatic heterocycles. The summed E-state index contributed by atoms with van der Waals surface area (Å²) >= 11 is 0. The van der Waals surface area contributed by atoms with Gasteiger partial charge in [-0.15, -0.1) is 13.2 Å². The maximum absolute atomic E-state index is 13.5. The molecule has 0 aromatic heterocycles. The molecule has 48 heavy (non-hydrogen) atoms. The van der Waals surface area contributed by atoms with Crippen LogP contribution in [0.4, 0.5) is 4.79 Å². The van der Waals surface area contributed by atoms with Gasteiger partial charge in [0.05, 0.1) is 25.1 Å². The third kappa shape index (κ3) is 10.1. The molecule has 3 N–H and O–H groups in total. The summed E-state index contributed by atoms with van der Waals surface area (Å²) in [6, 6.07) is 24.4. The molecule has 0 aliphatic carbocycles. The third-order valence-electron chi connectivity index (χ3n) is 8.21. The first kappa shape index (κ1) is 35.6. The Kier molecular flexibility index (Phi) is 13.5. The van der Waals surface area contributed by atoms with E-state index in [0.29, 0.717) is 18.5 Å². The molecule has 3 aromatic rings. The fourth-order valence-electron chi connectivity index (χ4n) is 5.60. The highest BCUT2D eigenvalue weighted by Crippen LogP contribution is 2.26. The Labute approximate surface area is 281 Å². The lowest BCUT2D eigenvalue weighted by Gasteiger charge is -2.36. The summed E-state index contributed by atoms with van der Waals surface area (Å²) in [4.78, 5) is 54.5. The van der Waals surface area contributed by atoms with Crippen LogP contribution in [0.3, 0.4) is 0 Å². The van der Waals surface area contributed by atoms with Gasteiger partial charge in [0, 0.05) is 13.0 Å². The van der Waals surface area contributed by atoms with Crippen LogP contribution in [0, 0.1) is 5.92 Å². The summed E-state index contributed by atoms with van der Waals surface area (Å²) in [7, 11) is 0. The smallest absolute Gasteiger partial charge is 0.408 e. The van der Waals surface area contributed by atoms with Crippen LogP contribution in [0.25, 0.3) is 0 Å². The van der Waals surface area contributed by atoms with Crippen LogP contribution in [0.2, 0.25) is 0 Å². The fraction of sp³-hybridized carbons (Fsp3) is 0.316. The molecule has 10 nitrogen and oxygen atoms in total. The number of esters is 1. The molecule has 0 fully saturated rings. The number of benzene rings is 3. The number of carbonyl (C=O) groups is 4. The predicted octanol–water partition coefficient (Wildman–Crippen LogP) is 4.79. The maximum atomic E-state index is 13.5. The van der Waals surface area contributed by atoms with Gasteiger partial charge in [-0.3, -0.25) is 9.59 Å². The summed E-state index contributed by atoms with van der Waals surface area (Å²) in [5.74, 6) is -2.10. The first-order valence-electron chi connectivity index (χ1n) is 16.0. The van der Waals surface area contributed by atoms with Crippen LogP contribution in [0.1, 0.15) is 47.6 Å². The van der Waals surface area contributed by atoms with Crippen molar-refractivity contribution in [3.63, 3.8) is 0 Å². The van der Waals surface area contributed by atoms with Crippen molar-refractivity contribution in [2.75, 3.05) is 13.2 Å². The lowest BCUT2D eigenvalue weighted by atomic mass is 9.92. The minimum absolute atomic E-state index is 0.0291. The molecule has 4 rings (SSSR count). The van der Waals surface area contributed by atoms with Crippen molar-refractivity contribution in [3.8, 4) is 0 Å². The number of aliphatic hydroxyl groups is 1. The van der Waals surface area contributed by atoms with Crippen molar-refractivity contribution in [2.24, 2.45) is 5.92 Å². The van der Waals surface area contributed by atoms with E-state index in [-0.39, 0.29) is 51.0 Å². The Bertz CT molecular complexity index is 1550. The van der Waals surface area contributed by atoms with Gasteiger partial charge >= 0.3 is 12.1 Å². The summed E-state index contributed by atoms with van der Waals surface area (Å²) < 4.78 is 11.1. The molecule has 4 unspecified atom stereocenters. The predicted molar refractivity (Wildman–Crippen MR) is 181 cm³/mol. The molecule has 0 saturated carbocycles. The lowest BCUT2D eigenvalue weighted by molar-refractivity contribution is -0.152. The number of nitrogens with one attached hydrogen (secondary N) is 2. The number of fused-ring (bicyclic) bond motifs is 1. The Morgan fingerprint density at radius 2 is 1.54 bits per heavy atom. The number of allylic oxidation sites excluding steroid dienone is 1. The van der Waals surface area contributed by atoms with E-state index in [9.17, 15) is 24.3 Å². The SMILES string of the molecule is C=CCC(CC(=O)N1Cc2ccccc2CC1CO)C(=O)NCC(OC(=O)C(CC=C)NC(=O)OCc1ccccc1)c1ccccc1. The van der Waals surface area contributed by atoms with Crippen molar-refractivity contribution in [3.05, 3.63) is 132 Å². The number of nitrogens with zero attached hydrogens (tertiary/aromatic N) is 1. The van der Waals surface area contributed by atoms with Gasteiger partial charge < -0.3 is 30.1 Å². The topological polar surface area (TPSA) is 134 Å². The lowest BCUT2D eigenvalue weighted by Crippen LogP contribution is -2.47. The number of hydrogen-bond acceptors (Lipinski definition) is 7. The molecule has 1 heterocycles. The van der Waals surface area contributed by atoms with Gasteiger partial charge in [0.25, 0.3) is 0 Å². The minimum Gasteiger partial charge on any atom is -0.454 e. The van der Waals surface area contributed by atoms with Crippen molar-refractivity contribution < 1.29 is 33.8 Å². The Morgan fingerprint density at radius 3 is 2.21 bits per heavy atom. The Hall–Kier alpha value is -5.22. The second-order valence-electron chi connectivity index (χ2n) is 11.6. The van der Waals surface area contributed by atoms with Crippen molar-refractivity contribution >= 4 is 23.9 Å². The Balaban J connectivity index is 1.39. The number of alkyl carbamates (subject to hydrolysis) is 1. The van der Waals surface area contributed by atoms with E-state index in [1.807, 2.05) is 60.7 Å². The highest BCUT2D eigenvalue weighted by Gasteiger charge is 2.32. The van der Waals surface area contributed by atoms with Gasteiger partial charge in [-0.2, -0.15) is 0 Å². The molecule has 0 radical (unpaired) electrons. The number of aliphatic hydroxyl groups excluding tert-OH is 1.